The van der Waals surface area contributed by atoms with E-state index in [1.165, 1.54) is 0 Å². The number of carboxylic acid groups (broad SMARTS) is 1. The lowest BCUT2D eigenvalue weighted by molar-refractivity contribution is -0.137. The van der Waals surface area contributed by atoms with Crippen LogP contribution in [-0.2, 0) is 24.2 Å². The largest absolute Gasteiger partial charge is 0.480 e. The van der Waals surface area contributed by atoms with Crippen molar-refractivity contribution in [3.63, 3.8) is 0 Å². The lowest BCUT2D eigenvalue weighted by Gasteiger charge is -2.20. The number of pyridine rings is 1. The second-order valence-corrected chi connectivity index (χ2v) is 8.88. The number of nitrogens with zero attached hydrogens (tertiary/aromatic N) is 5. The SMILES string of the molecule is CCc1cc(C#N)cc(C)c1NC(Cc1ccc(-n2cnc(CNc3cc(C)ccn3)n2)cc1)C(=O)O. The molecule has 9 heteroatoms. The Bertz CT molecular complexity index is 1440. The fraction of sp³-hybridized carbons (Fsp3) is 0.250. The first kappa shape index (κ1) is 25.4. The van der Waals surface area contributed by atoms with Crippen molar-refractivity contribution in [3.05, 3.63) is 94.7 Å². The van der Waals surface area contributed by atoms with Gasteiger partial charge in [-0.2, -0.15) is 5.26 Å². The molecule has 1 unspecified atom stereocenters. The first-order valence-corrected chi connectivity index (χ1v) is 12.1. The molecule has 2 aromatic heterocycles. The Morgan fingerprint density at radius 3 is 2.59 bits per heavy atom. The maximum Gasteiger partial charge on any atom is 0.326 e. The maximum atomic E-state index is 12.1. The Morgan fingerprint density at radius 1 is 1.14 bits per heavy atom. The predicted octanol–water partition coefficient (Wildman–Crippen LogP) is 4.43. The number of anilines is 2. The highest BCUT2D eigenvalue weighted by Gasteiger charge is 2.20. The van der Waals surface area contributed by atoms with Gasteiger partial charge >= 0.3 is 5.97 Å². The molecule has 37 heavy (non-hydrogen) atoms. The maximum absolute atomic E-state index is 12.1. The number of nitrogens with one attached hydrogen (secondary N) is 2. The molecule has 0 fully saturated rings. The molecule has 0 aliphatic rings. The minimum absolute atomic E-state index is 0.300. The van der Waals surface area contributed by atoms with Gasteiger partial charge in [-0.1, -0.05) is 19.1 Å². The number of carboxylic acids is 1. The summed E-state index contributed by atoms with van der Waals surface area (Å²) in [5.74, 6) is 0.461. The highest BCUT2D eigenvalue weighted by atomic mass is 16.4. The number of benzene rings is 2. The number of nitriles is 1. The van der Waals surface area contributed by atoms with Crippen LogP contribution in [0.4, 0.5) is 11.5 Å². The Labute approximate surface area is 215 Å². The molecule has 0 saturated carbocycles. The van der Waals surface area contributed by atoms with E-state index in [2.05, 4.69) is 31.8 Å². The van der Waals surface area contributed by atoms with Crippen LogP contribution in [0.5, 0.6) is 0 Å². The quantitative estimate of drug-likeness (QED) is 0.295. The molecular weight excluding hydrogens is 466 g/mol. The van der Waals surface area contributed by atoms with Gasteiger partial charge < -0.3 is 15.7 Å². The molecule has 3 N–H and O–H groups in total. The first-order chi connectivity index (χ1) is 17.9. The molecule has 9 nitrogen and oxygen atoms in total. The molecular formula is C28H29N7O2. The Hall–Kier alpha value is -4.71. The third kappa shape index (κ3) is 6.30. The van der Waals surface area contributed by atoms with Crippen LogP contribution in [0.25, 0.3) is 5.69 Å². The summed E-state index contributed by atoms with van der Waals surface area (Å²) in [7, 11) is 0. The molecule has 2 aromatic carbocycles. The summed E-state index contributed by atoms with van der Waals surface area (Å²) in [6, 6.07) is 16.4. The predicted molar refractivity (Wildman–Crippen MR) is 142 cm³/mol. The molecule has 4 rings (SSSR count). The molecule has 0 aliphatic heterocycles. The van der Waals surface area contributed by atoms with Crippen molar-refractivity contribution >= 4 is 17.5 Å². The van der Waals surface area contributed by atoms with Crippen molar-refractivity contribution in [2.24, 2.45) is 0 Å². The van der Waals surface area contributed by atoms with Crippen LogP contribution in [0.2, 0.25) is 0 Å². The summed E-state index contributed by atoms with van der Waals surface area (Å²) in [6.45, 7) is 6.33. The van der Waals surface area contributed by atoms with E-state index in [-0.39, 0.29) is 0 Å². The summed E-state index contributed by atoms with van der Waals surface area (Å²) in [5, 5.41) is 30.1. The number of aliphatic carboxylic acids is 1. The highest BCUT2D eigenvalue weighted by molar-refractivity contribution is 5.79. The molecule has 0 saturated heterocycles. The van der Waals surface area contributed by atoms with E-state index in [0.717, 1.165) is 39.4 Å². The van der Waals surface area contributed by atoms with E-state index in [1.54, 1.807) is 23.3 Å². The fourth-order valence-corrected chi connectivity index (χ4v) is 4.11. The topological polar surface area (TPSA) is 129 Å². The number of carbonyl (C=O) groups is 1. The van der Waals surface area contributed by atoms with Crippen LogP contribution in [0.1, 0.15) is 40.6 Å². The molecule has 0 amide bonds. The molecule has 1 atom stereocenters. The van der Waals surface area contributed by atoms with Crippen LogP contribution in [0.3, 0.4) is 0 Å². The zero-order chi connectivity index (χ0) is 26.4. The number of hydrogen-bond acceptors (Lipinski definition) is 7. The summed E-state index contributed by atoms with van der Waals surface area (Å²) < 4.78 is 1.69. The summed E-state index contributed by atoms with van der Waals surface area (Å²) in [6.07, 6.45) is 4.39. The van der Waals surface area contributed by atoms with E-state index in [9.17, 15) is 15.2 Å². The van der Waals surface area contributed by atoms with Gasteiger partial charge in [0, 0.05) is 18.3 Å². The van der Waals surface area contributed by atoms with Crippen molar-refractivity contribution in [1.82, 2.24) is 19.7 Å². The van der Waals surface area contributed by atoms with E-state index in [1.807, 2.05) is 63.2 Å². The summed E-state index contributed by atoms with van der Waals surface area (Å²) >= 11 is 0. The van der Waals surface area contributed by atoms with Crippen molar-refractivity contribution in [2.75, 3.05) is 10.6 Å². The van der Waals surface area contributed by atoms with Crippen LogP contribution >= 0.6 is 0 Å². The summed E-state index contributed by atoms with van der Waals surface area (Å²) in [4.78, 5) is 20.7. The molecule has 4 aromatic rings. The summed E-state index contributed by atoms with van der Waals surface area (Å²) in [5.41, 5.74) is 5.94. The van der Waals surface area contributed by atoms with Gasteiger partial charge in [0.05, 0.1) is 23.9 Å². The van der Waals surface area contributed by atoms with Gasteiger partial charge in [0.25, 0.3) is 0 Å². The first-order valence-electron chi connectivity index (χ1n) is 12.1. The van der Waals surface area contributed by atoms with Crippen LogP contribution < -0.4 is 10.6 Å². The molecule has 0 bridgehead atoms. The number of hydrogen-bond donors (Lipinski definition) is 3. The van der Waals surface area contributed by atoms with E-state index in [4.69, 9.17) is 0 Å². The minimum Gasteiger partial charge on any atom is -0.480 e. The smallest absolute Gasteiger partial charge is 0.326 e. The lowest BCUT2D eigenvalue weighted by Crippen LogP contribution is -2.32. The molecule has 188 valence electrons. The standard InChI is InChI=1S/C28H29N7O2/c1-4-22-13-21(15-29)12-19(3)27(22)33-24(28(36)37)14-20-5-7-23(8-6-20)35-17-32-26(34-35)16-31-25-11-18(2)9-10-30-25/h5-13,17,24,33H,4,14,16H2,1-3H3,(H,30,31)(H,36,37). The van der Waals surface area contributed by atoms with Crippen molar-refractivity contribution in [1.29, 1.82) is 5.26 Å². The van der Waals surface area contributed by atoms with Gasteiger partial charge in [-0.05, 0) is 78.9 Å². The molecule has 0 radical (unpaired) electrons. The Balaban J connectivity index is 1.43. The van der Waals surface area contributed by atoms with Crippen molar-refractivity contribution in [3.8, 4) is 11.8 Å². The molecule has 2 heterocycles. The number of aryl methyl sites for hydroxylation is 3. The zero-order valence-corrected chi connectivity index (χ0v) is 21.1. The van der Waals surface area contributed by atoms with E-state index in [0.29, 0.717) is 30.8 Å². The van der Waals surface area contributed by atoms with Gasteiger partial charge in [0.2, 0.25) is 0 Å². The fourth-order valence-electron chi connectivity index (χ4n) is 4.11. The third-order valence-electron chi connectivity index (χ3n) is 6.07. The third-order valence-corrected chi connectivity index (χ3v) is 6.07. The van der Waals surface area contributed by atoms with Crippen LogP contribution in [0, 0.1) is 25.2 Å². The van der Waals surface area contributed by atoms with Gasteiger partial charge in [-0.3, -0.25) is 0 Å². The average Bonchev–Trinajstić information content (AvgIpc) is 3.37. The van der Waals surface area contributed by atoms with Crippen molar-refractivity contribution < 1.29 is 9.90 Å². The number of rotatable bonds is 10. The average molecular weight is 496 g/mol. The second kappa shape index (κ2) is 11.4. The van der Waals surface area contributed by atoms with Crippen LogP contribution in [0.15, 0.2) is 61.1 Å². The normalized spacial score (nSPS) is 11.5. The van der Waals surface area contributed by atoms with Gasteiger partial charge in [0.15, 0.2) is 5.82 Å². The Kier molecular flexibility index (Phi) is 7.79. The highest BCUT2D eigenvalue weighted by Crippen LogP contribution is 2.25. The lowest BCUT2D eigenvalue weighted by atomic mass is 9.99. The Morgan fingerprint density at radius 2 is 1.92 bits per heavy atom. The van der Waals surface area contributed by atoms with Gasteiger partial charge in [-0.25, -0.2) is 19.4 Å². The van der Waals surface area contributed by atoms with Crippen LogP contribution in [-0.4, -0.2) is 36.9 Å². The molecule has 0 spiro atoms. The van der Waals surface area contributed by atoms with E-state index < -0.39 is 12.0 Å². The minimum atomic E-state index is -0.939. The molecule has 0 aliphatic carbocycles. The zero-order valence-electron chi connectivity index (χ0n) is 21.1. The van der Waals surface area contributed by atoms with E-state index >= 15 is 0 Å². The van der Waals surface area contributed by atoms with Crippen molar-refractivity contribution in [2.45, 2.75) is 46.2 Å². The van der Waals surface area contributed by atoms with Gasteiger partial charge in [-0.15, -0.1) is 5.10 Å². The van der Waals surface area contributed by atoms with Gasteiger partial charge in [0.1, 0.15) is 18.2 Å². The monoisotopic (exact) mass is 495 g/mol. The second-order valence-electron chi connectivity index (χ2n) is 8.88. The number of aromatic nitrogens is 4.